The van der Waals surface area contributed by atoms with Crippen LogP contribution >= 0.6 is 0 Å². The van der Waals surface area contributed by atoms with Gasteiger partial charge in [0.05, 0.1) is 25.4 Å². The standard InChI is InChI=1S/C13H19N3O7/c1-6(19)14-7(4-17)10-8(5-18)23-12(11(10)21)16-3-2-9(20)15-13(16)22/h2-3,7-8,10-12,17-18,21H,4-5H2,1H3,(H,14,19)(H,15,20,22)/t7-,8+,10+,11+,12+/m0/s1. The summed E-state index contributed by atoms with van der Waals surface area (Å²) >= 11 is 0. The number of aliphatic hydroxyl groups is 3. The highest BCUT2D eigenvalue weighted by atomic mass is 16.5. The lowest BCUT2D eigenvalue weighted by molar-refractivity contribution is -0.121. The van der Waals surface area contributed by atoms with E-state index in [9.17, 15) is 29.7 Å². The van der Waals surface area contributed by atoms with Crippen molar-refractivity contribution >= 4 is 5.91 Å². The van der Waals surface area contributed by atoms with E-state index in [0.717, 1.165) is 16.8 Å². The Morgan fingerprint density at radius 1 is 1.48 bits per heavy atom. The molecule has 1 aromatic rings. The van der Waals surface area contributed by atoms with E-state index >= 15 is 0 Å². The van der Waals surface area contributed by atoms with Gasteiger partial charge < -0.3 is 25.4 Å². The van der Waals surface area contributed by atoms with E-state index in [0.29, 0.717) is 0 Å². The highest BCUT2D eigenvalue weighted by Crippen LogP contribution is 2.35. The van der Waals surface area contributed by atoms with Gasteiger partial charge in [-0.1, -0.05) is 0 Å². The Morgan fingerprint density at radius 2 is 2.17 bits per heavy atom. The van der Waals surface area contributed by atoms with Crippen LogP contribution in [0.3, 0.4) is 0 Å². The van der Waals surface area contributed by atoms with Crippen molar-refractivity contribution < 1.29 is 24.9 Å². The maximum Gasteiger partial charge on any atom is 0.330 e. The molecule has 1 aromatic heterocycles. The van der Waals surface area contributed by atoms with Gasteiger partial charge in [0.25, 0.3) is 5.56 Å². The van der Waals surface area contributed by atoms with Crippen LogP contribution in [0.2, 0.25) is 0 Å². The Morgan fingerprint density at radius 3 is 2.70 bits per heavy atom. The minimum Gasteiger partial charge on any atom is -0.394 e. The lowest BCUT2D eigenvalue weighted by atomic mass is 9.90. The van der Waals surface area contributed by atoms with Crippen LogP contribution in [-0.4, -0.2) is 62.2 Å². The maximum absolute atomic E-state index is 11.8. The molecule has 1 aliphatic rings. The fraction of sp³-hybridized carbons (Fsp3) is 0.615. The number of rotatable bonds is 5. The molecule has 5 N–H and O–H groups in total. The summed E-state index contributed by atoms with van der Waals surface area (Å²) in [6, 6.07) is 0.235. The summed E-state index contributed by atoms with van der Waals surface area (Å²) in [6.45, 7) is 0.295. The first-order chi connectivity index (χ1) is 10.9. The Hall–Kier alpha value is -2.01. The summed E-state index contributed by atoms with van der Waals surface area (Å²) in [4.78, 5) is 36.2. The molecular weight excluding hydrogens is 310 g/mol. The van der Waals surface area contributed by atoms with Gasteiger partial charge in [-0.05, 0) is 0 Å². The number of carbonyl (C=O) groups excluding carboxylic acids is 1. The second-order valence-corrected chi connectivity index (χ2v) is 5.32. The van der Waals surface area contributed by atoms with Gasteiger partial charge >= 0.3 is 5.69 Å². The number of ether oxygens (including phenoxy) is 1. The zero-order valence-electron chi connectivity index (χ0n) is 12.4. The third-order valence-corrected chi connectivity index (χ3v) is 3.79. The van der Waals surface area contributed by atoms with Gasteiger partial charge in [0.2, 0.25) is 5.91 Å². The summed E-state index contributed by atoms with van der Waals surface area (Å²) < 4.78 is 6.47. The SMILES string of the molecule is CC(=O)N[C@@H](CO)[C@H]1[C@@H](O)[C@H](n2ccc(=O)[nH]c2=O)O[C@@H]1CO. The van der Waals surface area contributed by atoms with Gasteiger partial charge in [0.1, 0.15) is 6.10 Å². The molecule has 5 atom stereocenters. The van der Waals surface area contributed by atoms with Gasteiger partial charge in [-0.2, -0.15) is 0 Å². The molecule has 23 heavy (non-hydrogen) atoms. The van der Waals surface area contributed by atoms with Crippen molar-refractivity contribution in [2.75, 3.05) is 13.2 Å². The van der Waals surface area contributed by atoms with E-state index in [1.54, 1.807) is 0 Å². The zero-order valence-corrected chi connectivity index (χ0v) is 12.4. The molecule has 0 bridgehead atoms. The maximum atomic E-state index is 11.8. The summed E-state index contributed by atoms with van der Waals surface area (Å²) in [6.07, 6.45) is -2.19. The summed E-state index contributed by atoms with van der Waals surface area (Å²) in [5.41, 5.74) is -1.38. The van der Waals surface area contributed by atoms with E-state index < -0.39 is 60.8 Å². The molecule has 0 unspecified atom stereocenters. The molecular formula is C13H19N3O7. The molecule has 0 aliphatic carbocycles. The van der Waals surface area contributed by atoms with Gasteiger partial charge in [0, 0.05) is 25.1 Å². The zero-order chi connectivity index (χ0) is 17.1. The fourth-order valence-corrected chi connectivity index (χ4v) is 2.80. The number of nitrogens with one attached hydrogen (secondary N) is 2. The molecule has 10 heteroatoms. The number of amides is 1. The smallest absolute Gasteiger partial charge is 0.330 e. The highest BCUT2D eigenvalue weighted by molar-refractivity contribution is 5.73. The number of nitrogens with zero attached hydrogens (tertiary/aromatic N) is 1. The minimum absolute atomic E-state index is 0.419. The third-order valence-electron chi connectivity index (χ3n) is 3.79. The highest BCUT2D eigenvalue weighted by Gasteiger charge is 2.48. The predicted octanol–water partition coefficient (Wildman–Crippen LogP) is -3.10. The molecule has 0 aromatic carbocycles. The molecule has 2 heterocycles. The number of aromatic nitrogens is 2. The van der Waals surface area contributed by atoms with E-state index in [2.05, 4.69) is 5.32 Å². The second kappa shape index (κ2) is 7.04. The molecule has 0 spiro atoms. The number of H-pyrrole nitrogens is 1. The Balaban J connectivity index is 2.33. The van der Waals surface area contributed by atoms with Gasteiger partial charge in [0.15, 0.2) is 6.23 Å². The minimum atomic E-state index is -1.29. The molecule has 1 aliphatic heterocycles. The van der Waals surface area contributed by atoms with Crippen LogP contribution in [0.15, 0.2) is 21.9 Å². The van der Waals surface area contributed by atoms with Gasteiger partial charge in [-0.15, -0.1) is 0 Å². The van der Waals surface area contributed by atoms with Crippen molar-refractivity contribution in [2.24, 2.45) is 5.92 Å². The van der Waals surface area contributed by atoms with Crippen LogP contribution in [-0.2, 0) is 9.53 Å². The fourth-order valence-electron chi connectivity index (χ4n) is 2.80. The second-order valence-electron chi connectivity index (χ2n) is 5.32. The first-order valence-corrected chi connectivity index (χ1v) is 7.02. The van der Waals surface area contributed by atoms with Crippen LogP contribution in [0, 0.1) is 5.92 Å². The van der Waals surface area contributed by atoms with Gasteiger partial charge in [-0.3, -0.25) is 19.1 Å². The molecule has 1 amide bonds. The Kier molecular flexibility index (Phi) is 5.31. The first-order valence-electron chi connectivity index (χ1n) is 7.02. The quantitative estimate of drug-likeness (QED) is 0.383. The number of hydrogen-bond acceptors (Lipinski definition) is 7. The first kappa shape index (κ1) is 17.3. The van der Waals surface area contributed by atoms with Crippen LogP contribution < -0.4 is 16.6 Å². The Labute approximate surface area is 130 Å². The lowest BCUT2D eigenvalue weighted by Crippen LogP contribution is -2.49. The number of aliphatic hydroxyl groups excluding tert-OH is 3. The molecule has 2 rings (SSSR count). The molecule has 1 fully saturated rings. The van der Waals surface area contributed by atoms with E-state index in [4.69, 9.17) is 4.74 Å². The monoisotopic (exact) mass is 329 g/mol. The van der Waals surface area contributed by atoms with Crippen LogP contribution in [0.5, 0.6) is 0 Å². The molecule has 128 valence electrons. The van der Waals surface area contributed by atoms with Crippen LogP contribution in [0.25, 0.3) is 0 Å². The van der Waals surface area contributed by atoms with E-state index in [1.165, 1.54) is 6.92 Å². The molecule has 0 saturated carbocycles. The average Bonchev–Trinajstić information content (AvgIpc) is 2.81. The number of aromatic amines is 1. The van der Waals surface area contributed by atoms with Crippen molar-refractivity contribution in [3.05, 3.63) is 33.1 Å². The molecule has 10 nitrogen and oxygen atoms in total. The number of carbonyl (C=O) groups is 1. The number of hydrogen-bond donors (Lipinski definition) is 5. The predicted molar refractivity (Wildman–Crippen MR) is 76.5 cm³/mol. The largest absolute Gasteiger partial charge is 0.394 e. The molecule has 1 saturated heterocycles. The molecule has 0 radical (unpaired) electrons. The topological polar surface area (TPSA) is 154 Å². The summed E-state index contributed by atoms with van der Waals surface area (Å²) in [5.74, 6) is -1.25. The van der Waals surface area contributed by atoms with Crippen molar-refractivity contribution in [2.45, 2.75) is 31.4 Å². The average molecular weight is 329 g/mol. The van der Waals surface area contributed by atoms with Crippen molar-refractivity contribution in [1.82, 2.24) is 14.9 Å². The normalized spacial score (nSPS) is 28.5. The summed E-state index contributed by atoms with van der Waals surface area (Å²) in [5, 5.41) is 31.8. The lowest BCUT2D eigenvalue weighted by Gasteiger charge is -2.27. The van der Waals surface area contributed by atoms with Crippen LogP contribution in [0.1, 0.15) is 13.2 Å². The van der Waals surface area contributed by atoms with E-state index in [1.807, 2.05) is 4.98 Å². The summed E-state index contributed by atoms with van der Waals surface area (Å²) in [7, 11) is 0. The van der Waals surface area contributed by atoms with Crippen molar-refractivity contribution in [3.63, 3.8) is 0 Å². The Bertz CT molecular complexity index is 670. The van der Waals surface area contributed by atoms with Crippen molar-refractivity contribution in [1.29, 1.82) is 0 Å². The van der Waals surface area contributed by atoms with Crippen LogP contribution in [0.4, 0.5) is 0 Å². The van der Waals surface area contributed by atoms with E-state index in [-0.39, 0.29) is 0 Å². The van der Waals surface area contributed by atoms with Gasteiger partial charge in [-0.25, -0.2) is 4.79 Å². The van der Waals surface area contributed by atoms with Crippen molar-refractivity contribution in [3.8, 4) is 0 Å². The third kappa shape index (κ3) is 3.50.